The van der Waals surface area contributed by atoms with Crippen molar-refractivity contribution in [3.63, 3.8) is 0 Å². The topological polar surface area (TPSA) is 122 Å². The van der Waals surface area contributed by atoms with Gasteiger partial charge < -0.3 is 15.2 Å². The van der Waals surface area contributed by atoms with Crippen molar-refractivity contribution >= 4 is 17.8 Å². The predicted molar refractivity (Wildman–Crippen MR) is 69.5 cm³/mol. The van der Waals surface area contributed by atoms with Crippen LogP contribution in [0.2, 0.25) is 0 Å². The standard InChI is InChI=1S/C12H21N3O5/c1-7(2)12(13,11(18)19)15(8(3)16)10(17)9-6-14-4-5-20-9/h7,9,14H,4-6,13H2,1-3H3,(H,18,19)/t9?,12-/m0/s1. The highest BCUT2D eigenvalue weighted by Crippen LogP contribution is 2.22. The first-order valence-electron chi connectivity index (χ1n) is 6.42. The number of nitrogens with two attached hydrogens (primary N) is 1. The lowest BCUT2D eigenvalue weighted by molar-refractivity contribution is -0.174. The van der Waals surface area contributed by atoms with E-state index in [1.54, 1.807) is 0 Å². The first kappa shape index (κ1) is 16.5. The lowest BCUT2D eigenvalue weighted by Crippen LogP contribution is -2.70. The van der Waals surface area contributed by atoms with Crippen LogP contribution in [-0.4, -0.2) is 59.3 Å². The van der Waals surface area contributed by atoms with E-state index in [-0.39, 0.29) is 6.54 Å². The molecule has 0 bridgehead atoms. The van der Waals surface area contributed by atoms with Gasteiger partial charge in [-0.25, -0.2) is 4.79 Å². The van der Waals surface area contributed by atoms with E-state index in [1.165, 1.54) is 13.8 Å². The Hall–Kier alpha value is -1.51. The SMILES string of the molecule is CC(=O)N(C(=O)C1CNCCO1)[C@](N)(C(=O)O)C(C)C. The molecule has 20 heavy (non-hydrogen) atoms. The number of amides is 2. The molecule has 2 amide bonds. The van der Waals surface area contributed by atoms with Crippen LogP contribution in [0, 0.1) is 5.92 Å². The number of carboxylic acids is 1. The molecule has 1 heterocycles. The van der Waals surface area contributed by atoms with Gasteiger partial charge in [0.2, 0.25) is 5.91 Å². The number of nitrogens with zero attached hydrogens (tertiary/aromatic N) is 1. The Kier molecular flexibility index (Phi) is 5.21. The Morgan fingerprint density at radius 2 is 2.05 bits per heavy atom. The van der Waals surface area contributed by atoms with Crippen molar-refractivity contribution < 1.29 is 24.2 Å². The number of carbonyl (C=O) groups excluding carboxylic acids is 2. The molecule has 8 nitrogen and oxygen atoms in total. The highest BCUT2D eigenvalue weighted by atomic mass is 16.5. The maximum Gasteiger partial charge on any atom is 0.345 e. The Balaban J connectivity index is 3.12. The van der Waals surface area contributed by atoms with Crippen molar-refractivity contribution in [3.05, 3.63) is 0 Å². The van der Waals surface area contributed by atoms with Crippen LogP contribution < -0.4 is 11.1 Å². The number of carbonyl (C=O) groups is 3. The van der Waals surface area contributed by atoms with Gasteiger partial charge in [0, 0.05) is 25.9 Å². The molecule has 1 saturated heterocycles. The molecular weight excluding hydrogens is 266 g/mol. The quantitative estimate of drug-likeness (QED) is 0.552. The van der Waals surface area contributed by atoms with Crippen LogP contribution in [0.3, 0.4) is 0 Å². The van der Waals surface area contributed by atoms with Crippen molar-refractivity contribution in [1.82, 2.24) is 10.2 Å². The number of imide groups is 1. The van der Waals surface area contributed by atoms with E-state index in [0.29, 0.717) is 18.1 Å². The third-order valence-corrected chi connectivity index (χ3v) is 3.33. The molecule has 114 valence electrons. The van der Waals surface area contributed by atoms with Crippen LogP contribution in [0.5, 0.6) is 0 Å². The van der Waals surface area contributed by atoms with Gasteiger partial charge in [0.15, 0.2) is 5.66 Å². The molecule has 0 saturated carbocycles. The minimum Gasteiger partial charge on any atom is -0.478 e. The highest BCUT2D eigenvalue weighted by Gasteiger charge is 2.50. The molecule has 0 radical (unpaired) electrons. The van der Waals surface area contributed by atoms with E-state index >= 15 is 0 Å². The fraction of sp³-hybridized carbons (Fsp3) is 0.750. The number of morpholine rings is 1. The lowest BCUT2D eigenvalue weighted by atomic mass is 9.94. The number of nitrogens with one attached hydrogen (secondary N) is 1. The Morgan fingerprint density at radius 3 is 2.40 bits per heavy atom. The normalized spacial score (nSPS) is 22.1. The molecule has 1 aliphatic heterocycles. The molecule has 1 aliphatic rings. The second-order valence-corrected chi connectivity index (χ2v) is 5.04. The van der Waals surface area contributed by atoms with E-state index in [0.717, 1.165) is 6.92 Å². The number of carboxylic acid groups (broad SMARTS) is 1. The molecule has 8 heteroatoms. The fourth-order valence-corrected chi connectivity index (χ4v) is 2.07. The van der Waals surface area contributed by atoms with Crippen LogP contribution in [0.15, 0.2) is 0 Å². The number of hydrogen-bond acceptors (Lipinski definition) is 6. The summed E-state index contributed by atoms with van der Waals surface area (Å²) in [5.74, 6) is -3.53. The summed E-state index contributed by atoms with van der Waals surface area (Å²) < 4.78 is 5.27. The second kappa shape index (κ2) is 6.29. The van der Waals surface area contributed by atoms with Gasteiger partial charge in [-0.1, -0.05) is 13.8 Å². The number of aliphatic carboxylic acids is 1. The van der Waals surface area contributed by atoms with Gasteiger partial charge in [0.1, 0.15) is 6.10 Å². The summed E-state index contributed by atoms with van der Waals surface area (Å²) in [7, 11) is 0. The van der Waals surface area contributed by atoms with Crippen LogP contribution in [0.4, 0.5) is 0 Å². The van der Waals surface area contributed by atoms with Crippen molar-refractivity contribution in [1.29, 1.82) is 0 Å². The van der Waals surface area contributed by atoms with Gasteiger partial charge in [0.05, 0.1) is 6.61 Å². The van der Waals surface area contributed by atoms with Crippen LogP contribution in [0.25, 0.3) is 0 Å². The van der Waals surface area contributed by atoms with Gasteiger partial charge in [-0.05, 0) is 0 Å². The minimum atomic E-state index is -2.09. The average Bonchev–Trinajstić information content (AvgIpc) is 2.38. The maximum absolute atomic E-state index is 12.4. The van der Waals surface area contributed by atoms with Crippen molar-refractivity contribution in [2.45, 2.75) is 32.5 Å². The molecule has 0 aromatic rings. The summed E-state index contributed by atoms with van der Waals surface area (Å²) in [5, 5.41) is 12.3. The van der Waals surface area contributed by atoms with Crippen molar-refractivity contribution in [2.75, 3.05) is 19.7 Å². The van der Waals surface area contributed by atoms with E-state index in [9.17, 15) is 19.5 Å². The van der Waals surface area contributed by atoms with E-state index in [4.69, 9.17) is 10.5 Å². The zero-order valence-electron chi connectivity index (χ0n) is 11.9. The van der Waals surface area contributed by atoms with Gasteiger partial charge in [-0.3, -0.25) is 20.2 Å². The monoisotopic (exact) mass is 287 g/mol. The van der Waals surface area contributed by atoms with Crippen molar-refractivity contribution in [3.8, 4) is 0 Å². The summed E-state index contributed by atoms with van der Waals surface area (Å²) in [6.45, 7) is 5.32. The molecule has 2 atom stereocenters. The molecule has 0 aromatic carbocycles. The van der Waals surface area contributed by atoms with Crippen LogP contribution in [0.1, 0.15) is 20.8 Å². The molecule has 0 aliphatic carbocycles. The highest BCUT2D eigenvalue weighted by molar-refractivity contribution is 6.01. The number of ether oxygens (including phenoxy) is 1. The van der Waals surface area contributed by atoms with Gasteiger partial charge in [-0.2, -0.15) is 0 Å². The first-order valence-corrected chi connectivity index (χ1v) is 6.42. The van der Waals surface area contributed by atoms with Gasteiger partial charge in [0.25, 0.3) is 5.91 Å². The molecule has 0 aromatic heterocycles. The molecule has 4 N–H and O–H groups in total. The molecule has 0 spiro atoms. The Labute approximate surface area is 117 Å². The molecule has 1 fully saturated rings. The average molecular weight is 287 g/mol. The van der Waals surface area contributed by atoms with Gasteiger partial charge >= 0.3 is 5.97 Å². The minimum absolute atomic E-state index is 0.219. The number of hydrogen-bond donors (Lipinski definition) is 3. The molecular formula is C12H21N3O5. The summed E-state index contributed by atoms with van der Waals surface area (Å²) in [6, 6.07) is 0. The van der Waals surface area contributed by atoms with Crippen LogP contribution in [-0.2, 0) is 19.1 Å². The Bertz CT molecular complexity index is 406. The maximum atomic E-state index is 12.4. The zero-order valence-corrected chi connectivity index (χ0v) is 11.9. The van der Waals surface area contributed by atoms with Crippen molar-refractivity contribution in [2.24, 2.45) is 11.7 Å². The van der Waals surface area contributed by atoms with E-state index in [2.05, 4.69) is 5.32 Å². The summed E-state index contributed by atoms with van der Waals surface area (Å²) in [6.07, 6.45) is -0.909. The Morgan fingerprint density at radius 1 is 1.45 bits per heavy atom. The fourth-order valence-electron chi connectivity index (χ4n) is 2.07. The largest absolute Gasteiger partial charge is 0.478 e. The first-order chi connectivity index (χ1) is 9.22. The van der Waals surface area contributed by atoms with Gasteiger partial charge in [-0.15, -0.1) is 0 Å². The molecule has 1 rings (SSSR count). The van der Waals surface area contributed by atoms with Crippen LogP contribution >= 0.6 is 0 Å². The summed E-state index contributed by atoms with van der Waals surface area (Å²) >= 11 is 0. The number of rotatable bonds is 4. The molecule has 1 unspecified atom stereocenters. The summed E-state index contributed by atoms with van der Waals surface area (Å²) in [5.41, 5.74) is 3.75. The van der Waals surface area contributed by atoms with E-state index in [1.807, 2.05) is 0 Å². The lowest BCUT2D eigenvalue weighted by Gasteiger charge is -2.40. The smallest absolute Gasteiger partial charge is 0.345 e. The second-order valence-electron chi connectivity index (χ2n) is 5.04. The zero-order chi connectivity index (χ0) is 15.5. The third kappa shape index (κ3) is 2.97. The predicted octanol–water partition coefficient (Wildman–Crippen LogP) is -1.25. The van der Waals surface area contributed by atoms with E-state index < -0.39 is 35.5 Å². The third-order valence-electron chi connectivity index (χ3n) is 3.33. The summed E-state index contributed by atoms with van der Waals surface area (Å²) in [4.78, 5) is 36.2.